The molecule has 6 nitrogen and oxygen atoms in total. The fourth-order valence-electron chi connectivity index (χ4n) is 2.68. The first-order chi connectivity index (χ1) is 12.1. The monoisotopic (exact) mass is 362 g/mol. The van der Waals surface area contributed by atoms with Crippen LogP contribution in [-0.2, 0) is 28.4 Å². The quantitative estimate of drug-likeness (QED) is 0.439. The smallest absolute Gasteiger partial charge is 0.465 e. The molecule has 1 aliphatic rings. The molecule has 0 atom stereocenters. The summed E-state index contributed by atoms with van der Waals surface area (Å²) in [6, 6.07) is 7.05. The van der Waals surface area contributed by atoms with Crippen LogP contribution in [0.4, 0.5) is 0 Å². The average Bonchev–Trinajstić information content (AvgIpc) is 2.76. The van der Waals surface area contributed by atoms with Gasteiger partial charge >= 0.3 is 19.1 Å². The van der Waals surface area contributed by atoms with Gasteiger partial charge in [-0.2, -0.15) is 0 Å². The highest BCUT2D eigenvalue weighted by atomic mass is 16.7. The first kappa shape index (κ1) is 20.5. The average molecular weight is 362 g/mol. The predicted octanol–water partition coefficient (Wildman–Crippen LogP) is 2.20. The number of carbonyl (C=O) groups excluding carboxylic acids is 2. The molecule has 142 valence electrons. The van der Waals surface area contributed by atoms with Crippen molar-refractivity contribution in [1.82, 2.24) is 0 Å². The van der Waals surface area contributed by atoms with Crippen molar-refractivity contribution in [1.29, 1.82) is 0 Å². The zero-order valence-corrected chi connectivity index (χ0v) is 16.3. The lowest BCUT2D eigenvalue weighted by Crippen LogP contribution is -2.41. The summed E-state index contributed by atoms with van der Waals surface area (Å²) in [5.74, 6) is -2.38. The van der Waals surface area contributed by atoms with Crippen molar-refractivity contribution in [2.75, 3.05) is 13.2 Å². The third kappa shape index (κ3) is 4.10. The lowest BCUT2D eigenvalue weighted by atomic mass is 9.77. The maximum atomic E-state index is 12.3. The van der Waals surface area contributed by atoms with Gasteiger partial charge < -0.3 is 18.8 Å². The molecule has 1 saturated heterocycles. The molecular weight excluding hydrogens is 335 g/mol. The summed E-state index contributed by atoms with van der Waals surface area (Å²) in [6.45, 7) is 11.6. The van der Waals surface area contributed by atoms with Gasteiger partial charge in [0.1, 0.15) is 0 Å². The van der Waals surface area contributed by atoms with Gasteiger partial charge in [-0.3, -0.25) is 9.59 Å². The van der Waals surface area contributed by atoms with E-state index in [1.807, 2.05) is 33.8 Å². The molecule has 26 heavy (non-hydrogen) atoms. The highest BCUT2D eigenvalue weighted by Crippen LogP contribution is 2.36. The number of carbonyl (C=O) groups is 2. The van der Waals surface area contributed by atoms with E-state index in [4.69, 9.17) is 18.8 Å². The van der Waals surface area contributed by atoms with Crippen LogP contribution in [0.15, 0.2) is 24.3 Å². The highest BCUT2D eigenvalue weighted by Gasteiger charge is 2.51. The summed E-state index contributed by atoms with van der Waals surface area (Å²) < 4.78 is 22.2. The molecule has 0 saturated carbocycles. The zero-order valence-electron chi connectivity index (χ0n) is 16.3. The molecule has 2 rings (SSSR count). The minimum absolute atomic E-state index is 0.186. The molecule has 0 amide bonds. The van der Waals surface area contributed by atoms with E-state index in [1.54, 1.807) is 32.0 Å². The Bertz CT molecular complexity index is 636. The van der Waals surface area contributed by atoms with Gasteiger partial charge in [0.05, 0.1) is 24.4 Å². The third-order valence-electron chi connectivity index (χ3n) is 4.81. The first-order valence-electron chi connectivity index (χ1n) is 8.91. The summed E-state index contributed by atoms with van der Waals surface area (Å²) in [5.41, 5.74) is 0.277. The van der Waals surface area contributed by atoms with E-state index in [9.17, 15) is 9.59 Å². The van der Waals surface area contributed by atoms with Crippen LogP contribution in [0.2, 0.25) is 0 Å². The normalized spacial score (nSPS) is 18.0. The molecule has 0 aliphatic carbocycles. The topological polar surface area (TPSA) is 71.1 Å². The maximum absolute atomic E-state index is 12.3. The zero-order chi connectivity index (χ0) is 19.5. The van der Waals surface area contributed by atoms with E-state index in [0.29, 0.717) is 5.56 Å². The molecule has 0 aromatic heterocycles. The Kier molecular flexibility index (Phi) is 6.14. The van der Waals surface area contributed by atoms with Gasteiger partial charge in [-0.15, -0.1) is 0 Å². The Morgan fingerprint density at radius 1 is 1.00 bits per heavy atom. The second-order valence-electron chi connectivity index (χ2n) is 7.20. The summed E-state index contributed by atoms with van der Waals surface area (Å²) in [4.78, 5) is 24.6. The minimum atomic E-state index is -1.13. The van der Waals surface area contributed by atoms with Crippen LogP contribution in [0.3, 0.4) is 0 Å². The van der Waals surface area contributed by atoms with Gasteiger partial charge in [0.25, 0.3) is 0 Å². The summed E-state index contributed by atoms with van der Waals surface area (Å²) in [6.07, 6.45) is 0. The molecule has 1 aliphatic heterocycles. The van der Waals surface area contributed by atoms with E-state index in [0.717, 1.165) is 5.46 Å². The summed E-state index contributed by atoms with van der Waals surface area (Å²) in [5, 5.41) is 0. The Morgan fingerprint density at radius 2 is 1.50 bits per heavy atom. The van der Waals surface area contributed by atoms with Gasteiger partial charge in [0.2, 0.25) is 0 Å². The molecule has 1 heterocycles. The third-order valence-corrected chi connectivity index (χ3v) is 4.81. The molecule has 0 unspecified atom stereocenters. The lowest BCUT2D eigenvalue weighted by molar-refractivity contribution is -0.156. The number of benzene rings is 1. The van der Waals surface area contributed by atoms with Crippen molar-refractivity contribution in [2.24, 2.45) is 0 Å². The van der Waals surface area contributed by atoms with Crippen LogP contribution >= 0.6 is 0 Å². The van der Waals surface area contributed by atoms with E-state index in [-0.39, 0.29) is 13.2 Å². The van der Waals surface area contributed by atoms with Crippen LogP contribution in [0.1, 0.15) is 53.0 Å². The van der Waals surface area contributed by atoms with Crippen LogP contribution < -0.4 is 5.46 Å². The molecular formula is C19H27BO6. The van der Waals surface area contributed by atoms with Gasteiger partial charge in [0.15, 0.2) is 5.92 Å². The molecule has 0 spiro atoms. The fraction of sp³-hybridized carbons (Fsp3) is 0.579. The van der Waals surface area contributed by atoms with E-state index in [2.05, 4.69) is 0 Å². The Hall–Kier alpha value is -1.86. The lowest BCUT2D eigenvalue weighted by Gasteiger charge is -2.32. The Labute approximate surface area is 155 Å². The summed E-state index contributed by atoms with van der Waals surface area (Å²) in [7, 11) is -0.579. The van der Waals surface area contributed by atoms with Crippen LogP contribution in [-0.4, -0.2) is 43.5 Å². The maximum Gasteiger partial charge on any atom is 0.494 e. The number of hydrogen-bond acceptors (Lipinski definition) is 6. The minimum Gasteiger partial charge on any atom is -0.465 e. The first-order valence-corrected chi connectivity index (χ1v) is 8.91. The Morgan fingerprint density at radius 3 is 1.96 bits per heavy atom. The van der Waals surface area contributed by atoms with Crippen molar-refractivity contribution in [3.63, 3.8) is 0 Å². The van der Waals surface area contributed by atoms with Gasteiger partial charge in [-0.25, -0.2) is 0 Å². The second kappa shape index (κ2) is 7.80. The second-order valence-corrected chi connectivity index (χ2v) is 7.20. The van der Waals surface area contributed by atoms with E-state index < -0.39 is 36.2 Å². The molecule has 0 N–H and O–H groups in total. The number of hydrogen-bond donors (Lipinski definition) is 0. The predicted molar refractivity (Wildman–Crippen MR) is 98.2 cm³/mol. The highest BCUT2D eigenvalue weighted by molar-refractivity contribution is 6.62. The summed E-state index contributed by atoms with van der Waals surface area (Å²) >= 11 is 0. The van der Waals surface area contributed by atoms with Gasteiger partial charge in [-0.1, -0.05) is 24.3 Å². The van der Waals surface area contributed by atoms with Crippen molar-refractivity contribution in [3.8, 4) is 0 Å². The SMILES string of the molecule is CCOC(=O)C(C(=O)OCC)c1cccc(B2OC(C)(C)C(C)(C)O2)c1. The number of ether oxygens (including phenoxy) is 2. The largest absolute Gasteiger partial charge is 0.494 e. The molecule has 1 aromatic carbocycles. The molecule has 7 heteroatoms. The Balaban J connectivity index is 2.34. The molecule has 1 aromatic rings. The van der Waals surface area contributed by atoms with E-state index in [1.165, 1.54) is 0 Å². The van der Waals surface area contributed by atoms with Crippen molar-refractivity contribution >= 4 is 24.5 Å². The van der Waals surface area contributed by atoms with Crippen LogP contribution in [0.5, 0.6) is 0 Å². The standard InChI is InChI=1S/C19H27BO6/c1-7-23-16(21)15(17(22)24-8-2)13-10-9-11-14(12-13)20-25-18(3,4)19(5,6)26-20/h9-12,15H,7-8H2,1-6H3. The number of esters is 2. The van der Waals surface area contributed by atoms with Crippen molar-refractivity contribution in [2.45, 2.75) is 58.7 Å². The van der Waals surface area contributed by atoms with Crippen molar-refractivity contribution < 1.29 is 28.4 Å². The van der Waals surface area contributed by atoms with Gasteiger partial charge in [-0.05, 0) is 52.6 Å². The van der Waals surface area contributed by atoms with Crippen LogP contribution in [0, 0.1) is 0 Å². The molecule has 0 bridgehead atoms. The van der Waals surface area contributed by atoms with Crippen LogP contribution in [0.25, 0.3) is 0 Å². The van der Waals surface area contributed by atoms with Gasteiger partial charge in [0, 0.05) is 0 Å². The molecule has 0 radical (unpaired) electrons. The fourth-order valence-corrected chi connectivity index (χ4v) is 2.68. The molecule has 1 fully saturated rings. The van der Waals surface area contributed by atoms with E-state index >= 15 is 0 Å². The van der Waals surface area contributed by atoms with Crippen molar-refractivity contribution in [3.05, 3.63) is 29.8 Å². The number of rotatable bonds is 6.